The van der Waals surface area contributed by atoms with Gasteiger partial charge in [0.25, 0.3) is 0 Å². The van der Waals surface area contributed by atoms with E-state index in [1.807, 2.05) is 24.3 Å². The van der Waals surface area contributed by atoms with Crippen LogP contribution < -0.4 is 14.2 Å². The SMILES string of the molecule is CCC(C)c1ccc(O)cc1.CCC(C)c1ccc(O)cc1.CCC(C)c1ccc(OC(CC23CC4CC(CC(C4)C2)C3)OC)cc1.CCC(C)c1ccc(OC(CC2CCCCC2)OCCC2CCCCC2)cc1.CCC(C)c1ccc(OCc2cccc3ccccc23)cc1. The molecule has 0 aliphatic heterocycles. The van der Waals surface area contributed by atoms with E-state index in [0.717, 1.165) is 85.5 Å². The fraction of sp³-hybridized carbons (Fsp3) is 0.556. The first kappa shape index (κ1) is 76.5. The molecule has 7 unspecified atom stereocenters. The van der Waals surface area contributed by atoms with Gasteiger partial charge in [-0.2, -0.15) is 0 Å². The standard InChI is InChI=1S/C26H42O2.C23H34O2.C21H22O.2C10H14O/c1-3-21(2)24-14-16-25(17-15-24)28-26(20-23-12-8-5-9-13-23)27-19-18-22-10-6-4-7-11-22;1-4-16(2)20-5-7-21(8-6-20)25-22(24-3)15-23-12-17-9-18(13-23)11-19(10-17)14-23;1-3-16(2)17-11-13-20(14-12-17)22-15-19-9-6-8-18-7-4-5-10-21(18)19;2*1-3-8(2)9-4-6-10(11)7-5-9/h14-17,21-23,26H,3-13,18-20H2,1-2H3;5-8,16-19,22H,4,9-15H2,1-3H3;4-14,16H,3,15H2,1-2H3;2*4-8,11H,3H2,1-2H3. The Labute approximate surface area is 588 Å². The van der Waals surface area contributed by atoms with Crippen LogP contribution in [0.5, 0.6) is 28.7 Å². The predicted octanol–water partition coefficient (Wildman–Crippen LogP) is 25.8. The minimum absolute atomic E-state index is 0.0823. The lowest BCUT2D eigenvalue weighted by Crippen LogP contribution is -2.48. The van der Waals surface area contributed by atoms with Gasteiger partial charge in [0.05, 0.1) is 6.61 Å². The minimum atomic E-state index is -0.106. The number of benzene rings is 7. The second-order valence-electron chi connectivity index (χ2n) is 30.2. The molecular weight excluding hydrogens is 1190 g/mol. The highest BCUT2D eigenvalue weighted by molar-refractivity contribution is 5.85. The topological polar surface area (TPSA) is 86.6 Å². The number of phenolic OH excluding ortho intramolecular Hbond substituents is 2. The summed E-state index contributed by atoms with van der Waals surface area (Å²) in [6.45, 7) is 23.7. The number of phenols is 2. The molecule has 6 aliphatic carbocycles. The molecule has 6 fully saturated rings. The highest BCUT2D eigenvalue weighted by atomic mass is 16.7. The summed E-state index contributed by atoms with van der Waals surface area (Å²) in [5, 5.41) is 20.5. The van der Waals surface area contributed by atoms with Crippen molar-refractivity contribution >= 4 is 10.8 Å². The third-order valence-corrected chi connectivity index (χ3v) is 23.0. The average Bonchev–Trinajstić information content (AvgIpc) is 0.750. The predicted molar refractivity (Wildman–Crippen MR) is 407 cm³/mol. The van der Waals surface area contributed by atoms with E-state index in [1.165, 1.54) is 166 Å². The lowest BCUT2D eigenvalue weighted by molar-refractivity contribution is -0.129. The van der Waals surface area contributed by atoms with E-state index >= 15 is 0 Å². The van der Waals surface area contributed by atoms with Gasteiger partial charge in [-0.25, -0.2) is 0 Å². The van der Waals surface area contributed by atoms with Crippen molar-refractivity contribution in [3.8, 4) is 28.7 Å². The lowest BCUT2D eigenvalue weighted by atomic mass is 9.49. The van der Waals surface area contributed by atoms with E-state index in [0.29, 0.717) is 53.1 Å². The Hall–Kier alpha value is -6.28. The van der Waals surface area contributed by atoms with E-state index in [4.69, 9.17) is 33.9 Å². The van der Waals surface area contributed by atoms with Crippen LogP contribution in [0.25, 0.3) is 10.8 Å². The molecule has 4 bridgehead atoms. The van der Waals surface area contributed by atoms with Crippen molar-refractivity contribution in [1.82, 2.24) is 0 Å². The first-order chi connectivity index (χ1) is 47.1. The molecule has 2 N–H and O–H groups in total. The zero-order valence-electron chi connectivity index (χ0n) is 61.8. The molecule has 0 spiro atoms. The highest BCUT2D eigenvalue weighted by Crippen LogP contribution is 2.62. The maximum Gasteiger partial charge on any atom is 0.200 e. The molecule has 0 radical (unpaired) electrons. The molecule has 7 atom stereocenters. The van der Waals surface area contributed by atoms with E-state index in [9.17, 15) is 0 Å². The molecule has 97 heavy (non-hydrogen) atoms. The Balaban J connectivity index is 0.000000162. The Kier molecular flexibility index (Phi) is 31.6. The Bertz CT molecular complexity index is 3160. The van der Waals surface area contributed by atoms with Crippen LogP contribution in [0, 0.1) is 35.0 Å². The third kappa shape index (κ3) is 24.5. The van der Waals surface area contributed by atoms with Crippen molar-refractivity contribution < 1.29 is 33.9 Å². The summed E-state index contributed by atoms with van der Waals surface area (Å²) in [5.41, 5.74) is 8.48. The molecule has 7 heteroatoms. The summed E-state index contributed by atoms with van der Waals surface area (Å²) in [4.78, 5) is 0. The lowest BCUT2D eigenvalue weighted by Gasteiger charge is -2.57. The maximum absolute atomic E-state index is 9.01. The van der Waals surface area contributed by atoms with Gasteiger partial charge in [0.2, 0.25) is 0 Å². The minimum Gasteiger partial charge on any atom is -0.508 e. The van der Waals surface area contributed by atoms with Crippen molar-refractivity contribution in [2.24, 2.45) is 35.0 Å². The van der Waals surface area contributed by atoms with Crippen LogP contribution >= 0.6 is 0 Å². The number of ether oxygens (including phenoxy) is 5. The van der Waals surface area contributed by atoms with Crippen LogP contribution in [0.2, 0.25) is 0 Å². The molecule has 13 rings (SSSR count). The van der Waals surface area contributed by atoms with E-state index in [2.05, 4.69) is 184 Å². The van der Waals surface area contributed by atoms with Crippen molar-refractivity contribution in [1.29, 1.82) is 0 Å². The largest absolute Gasteiger partial charge is 0.508 e. The van der Waals surface area contributed by atoms with E-state index in [1.54, 1.807) is 31.4 Å². The first-order valence-electron chi connectivity index (χ1n) is 38.5. The monoisotopic (exact) mass is 1320 g/mol. The summed E-state index contributed by atoms with van der Waals surface area (Å²) < 4.78 is 30.7. The number of hydrogen-bond acceptors (Lipinski definition) is 7. The number of fused-ring (bicyclic) bond motifs is 1. The Morgan fingerprint density at radius 2 is 0.804 bits per heavy atom. The molecule has 7 aromatic carbocycles. The molecule has 0 amide bonds. The van der Waals surface area contributed by atoms with Crippen molar-refractivity contribution in [3.63, 3.8) is 0 Å². The smallest absolute Gasteiger partial charge is 0.200 e. The zero-order chi connectivity index (χ0) is 68.9. The van der Waals surface area contributed by atoms with Crippen molar-refractivity contribution in [3.05, 3.63) is 197 Å². The van der Waals surface area contributed by atoms with Gasteiger partial charge in [-0.15, -0.1) is 0 Å². The van der Waals surface area contributed by atoms with E-state index in [-0.39, 0.29) is 12.6 Å². The third-order valence-electron chi connectivity index (χ3n) is 23.0. The number of methoxy groups -OCH3 is 1. The number of rotatable bonds is 26. The summed E-state index contributed by atoms with van der Waals surface area (Å²) >= 11 is 0. The van der Waals surface area contributed by atoms with E-state index < -0.39 is 0 Å². The summed E-state index contributed by atoms with van der Waals surface area (Å²) in [7, 11) is 1.80. The molecular formula is C90H126O7. The second kappa shape index (κ2) is 40.1. The van der Waals surface area contributed by atoms with Gasteiger partial charge < -0.3 is 33.9 Å². The van der Waals surface area contributed by atoms with Crippen molar-refractivity contribution in [2.45, 2.75) is 272 Å². The fourth-order valence-electron chi connectivity index (χ4n) is 16.1. The second-order valence-corrected chi connectivity index (χ2v) is 30.2. The molecule has 0 aromatic heterocycles. The summed E-state index contributed by atoms with van der Waals surface area (Å²) in [6.07, 6.45) is 31.6. The normalized spacial score (nSPS) is 21.0. The van der Waals surface area contributed by atoms with Gasteiger partial charge in [-0.1, -0.05) is 237 Å². The van der Waals surface area contributed by atoms with Gasteiger partial charge >= 0.3 is 0 Å². The fourth-order valence-corrected chi connectivity index (χ4v) is 16.1. The summed E-state index contributed by atoms with van der Waals surface area (Å²) in [5.74, 6) is 11.1. The van der Waals surface area contributed by atoms with Crippen molar-refractivity contribution in [2.75, 3.05) is 13.7 Å². The molecule has 528 valence electrons. The van der Waals surface area contributed by atoms with Gasteiger partial charge in [-0.3, -0.25) is 0 Å². The number of aromatic hydroxyl groups is 2. The Morgan fingerprint density at radius 1 is 0.423 bits per heavy atom. The summed E-state index contributed by atoms with van der Waals surface area (Å²) in [6, 6.07) is 55.5. The average molecular weight is 1320 g/mol. The molecule has 6 saturated carbocycles. The quantitative estimate of drug-likeness (QED) is 0.0523. The van der Waals surface area contributed by atoms with Crippen LogP contribution in [0.4, 0.5) is 0 Å². The van der Waals surface area contributed by atoms with Crippen LogP contribution in [0.3, 0.4) is 0 Å². The van der Waals surface area contributed by atoms with Crippen LogP contribution in [0.1, 0.15) is 286 Å². The number of hydrogen-bond donors (Lipinski definition) is 2. The van der Waals surface area contributed by atoms with Crippen LogP contribution in [-0.2, 0) is 16.1 Å². The maximum atomic E-state index is 9.01. The van der Waals surface area contributed by atoms with Crippen LogP contribution in [-0.4, -0.2) is 36.5 Å². The molecule has 7 nitrogen and oxygen atoms in total. The van der Waals surface area contributed by atoms with Gasteiger partial charge in [0.1, 0.15) is 35.4 Å². The van der Waals surface area contributed by atoms with Gasteiger partial charge in [0.15, 0.2) is 12.6 Å². The van der Waals surface area contributed by atoms with Gasteiger partial charge in [0, 0.05) is 20.0 Å². The van der Waals surface area contributed by atoms with Gasteiger partial charge in [-0.05, 0) is 246 Å². The Morgan fingerprint density at radius 3 is 1.23 bits per heavy atom. The first-order valence-corrected chi connectivity index (χ1v) is 38.5. The van der Waals surface area contributed by atoms with Crippen LogP contribution in [0.15, 0.2) is 164 Å². The molecule has 6 aliphatic rings. The highest BCUT2D eigenvalue weighted by Gasteiger charge is 2.51. The molecule has 7 aromatic rings. The molecule has 0 heterocycles. The molecule has 0 saturated heterocycles. The zero-order valence-corrected chi connectivity index (χ0v) is 61.8.